The van der Waals surface area contributed by atoms with Gasteiger partial charge < -0.3 is 10.5 Å². The Morgan fingerprint density at radius 1 is 1.00 bits per heavy atom. The van der Waals surface area contributed by atoms with Crippen molar-refractivity contribution in [2.45, 2.75) is 0 Å². The molecule has 1 heterocycles. The summed E-state index contributed by atoms with van der Waals surface area (Å²) in [6.45, 7) is 0. The minimum atomic E-state index is -0.366. The molecule has 3 N–H and O–H groups in total. The number of fused-ring (bicyclic) bond motifs is 1. The van der Waals surface area contributed by atoms with Crippen LogP contribution in [0.3, 0.4) is 0 Å². The highest BCUT2D eigenvalue weighted by Gasteiger charge is 2.20. The molecular formula is C24H20N4O2S. The number of rotatable bonds is 4. The first-order valence-corrected chi connectivity index (χ1v) is 9.98. The number of hydrogen-bond donors (Lipinski definition) is 2. The van der Waals surface area contributed by atoms with Crippen LogP contribution in [0.5, 0.6) is 5.75 Å². The summed E-state index contributed by atoms with van der Waals surface area (Å²) in [5.41, 5.74) is 12.1. The topological polar surface area (TPSA) is 80.5 Å². The van der Waals surface area contributed by atoms with Gasteiger partial charge in [0.1, 0.15) is 11.4 Å². The smallest absolute Gasteiger partial charge is 0.270 e. The van der Waals surface area contributed by atoms with Gasteiger partial charge in [0.05, 0.1) is 23.9 Å². The Hall–Kier alpha value is -3.97. The molecule has 0 radical (unpaired) electrons. The molecule has 4 aromatic rings. The number of methoxy groups -OCH3 is 1. The number of thiocarbonyl (C=S) groups is 1. The summed E-state index contributed by atoms with van der Waals surface area (Å²) in [6, 6.07) is 26.1. The number of hydrazine groups is 1. The zero-order chi connectivity index (χ0) is 21.8. The minimum absolute atomic E-state index is 0.0144. The maximum absolute atomic E-state index is 13.4. The van der Waals surface area contributed by atoms with E-state index in [9.17, 15) is 4.79 Å². The SMILES string of the molecule is COc1ccccc1N(NC(=O)c1cc(-c2ccccc2)nc2ccccc12)C(N)=S. The minimum Gasteiger partial charge on any atom is -0.494 e. The molecule has 0 unspecified atom stereocenters. The molecule has 154 valence electrons. The van der Waals surface area contributed by atoms with Gasteiger partial charge in [-0.2, -0.15) is 0 Å². The first-order chi connectivity index (χ1) is 15.1. The van der Waals surface area contributed by atoms with Crippen molar-refractivity contribution in [2.75, 3.05) is 12.1 Å². The van der Waals surface area contributed by atoms with Crippen LogP contribution in [0.4, 0.5) is 5.69 Å². The predicted molar refractivity (Wildman–Crippen MR) is 127 cm³/mol. The molecule has 0 atom stereocenters. The Balaban J connectivity index is 1.78. The number of hydrogen-bond acceptors (Lipinski definition) is 4. The summed E-state index contributed by atoms with van der Waals surface area (Å²) in [7, 11) is 1.54. The van der Waals surface area contributed by atoms with Gasteiger partial charge >= 0.3 is 0 Å². The third-order valence-electron chi connectivity index (χ3n) is 4.79. The van der Waals surface area contributed by atoms with E-state index in [1.165, 1.54) is 5.01 Å². The summed E-state index contributed by atoms with van der Waals surface area (Å²) in [5.74, 6) is 0.162. The molecule has 0 bridgehead atoms. The number of aromatic nitrogens is 1. The maximum Gasteiger partial charge on any atom is 0.270 e. The van der Waals surface area contributed by atoms with Gasteiger partial charge in [-0.3, -0.25) is 10.2 Å². The van der Waals surface area contributed by atoms with Crippen molar-refractivity contribution in [1.29, 1.82) is 0 Å². The van der Waals surface area contributed by atoms with Crippen molar-refractivity contribution < 1.29 is 9.53 Å². The molecule has 1 amide bonds. The number of carbonyl (C=O) groups is 1. The number of amides is 1. The van der Waals surface area contributed by atoms with Crippen LogP contribution < -0.4 is 20.9 Å². The van der Waals surface area contributed by atoms with Crippen LogP contribution in [0.25, 0.3) is 22.2 Å². The highest BCUT2D eigenvalue weighted by Crippen LogP contribution is 2.28. The molecule has 0 fully saturated rings. The molecule has 4 rings (SSSR count). The molecule has 6 nitrogen and oxygen atoms in total. The van der Waals surface area contributed by atoms with E-state index in [2.05, 4.69) is 5.43 Å². The van der Waals surface area contributed by atoms with Gasteiger partial charge in [0.2, 0.25) is 0 Å². The summed E-state index contributed by atoms with van der Waals surface area (Å²) < 4.78 is 5.39. The summed E-state index contributed by atoms with van der Waals surface area (Å²) in [4.78, 5) is 18.1. The Morgan fingerprint density at radius 2 is 1.68 bits per heavy atom. The van der Waals surface area contributed by atoms with Crippen LogP contribution in [0, 0.1) is 0 Å². The van der Waals surface area contributed by atoms with Crippen LogP contribution in [-0.2, 0) is 0 Å². The Labute approximate surface area is 185 Å². The van der Waals surface area contributed by atoms with Gasteiger partial charge in [0, 0.05) is 10.9 Å². The molecule has 31 heavy (non-hydrogen) atoms. The molecule has 0 aliphatic rings. The van der Waals surface area contributed by atoms with E-state index >= 15 is 0 Å². The van der Waals surface area contributed by atoms with Crippen molar-refractivity contribution in [3.05, 3.63) is 90.5 Å². The largest absolute Gasteiger partial charge is 0.494 e. The lowest BCUT2D eigenvalue weighted by Crippen LogP contribution is -2.49. The quantitative estimate of drug-likeness (QED) is 0.373. The lowest BCUT2D eigenvalue weighted by Gasteiger charge is -2.25. The molecule has 1 aromatic heterocycles. The second kappa shape index (κ2) is 8.81. The second-order valence-corrected chi connectivity index (χ2v) is 7.14. The monoisotopic (exact) mass is 428 g/mol. The number of para-hydroxylation sites is 3. The maximum atomic E-state index is 13.4. The Bertz CT molecular complexity index is 1260. The van der Waals surface area contributed by atoms with Crippen LogP contribution in [0.1, 0.15) is 10.4 Å². The van der Waals surface area contributed by atoms with Gasteiger partial charge in [-0.1, -0.05) is 60.7 Å². The highest BCUT2D eigenvalue weighted by molar-refractivity contribution is 7.80. The lowest BCUT2D eigenvalue weighted by molar-refractivity contribution is 0.0956. The van der Waals surface area contributed by atoms with E-state index in [1.54, 1.807) is 25.3 Å². The number of ether oxygens (including phenoxy) is 1. The van der Waals surface area contributed by atoms with Crippen LogP contribution in [0.2, 0.25) is 0 Å². The molecule has 3 aromatic carbocycles. The fourth-order valence-corrected chi connectivity index (χ4v) is 3.47. The zero-order valence-electron chi connectivity index (χ0n) is 16.8. The van der Waals surface area contributed by atoms with E-state index < -0.39 is 0 Å². The van der Waals surface area contributed by atoms with Crippen molar-refractivity contribution in [1.82, 2.24) is 10.4 Å². The first kappa shape index (κ1) is 20.3. The van der Waals surface area contributed by atoms with E-state index in [0.29, 0.717) is 28.2 Å². The standard InChI is InChI=1S/C24H20N4O2S/c1-30-22-14-8-7-13-21(22)28(24(25)31)27-23(29)18-15-20(16-9-3-2-4-10-16)26-19-12-6-5-11-17(18)19/h2-15H,1H3,(H2,25,31)(H,27,29). The van der Waals surface area contributed by atoms with Crippen LogP contribution in [-0.4, -0.2) is 23.1 Å². The predicted octanol–water partition coefficient (Wildman–Crippen LogP) is 4.31. The van der Waals surface area contributed by atoms with Crippen molar-refractivity contribution in [3.8, 4) is 17.0 Å². The summed E-state index contributed by atoms with van der Waals surface area (Å²) in [6.07, 6.45) is 0. The third-order valence-corrected chi connectivity index (χ3v) is 4.97. The Kier molecular flexibility index (Phi) is 5.77. The van der Waals surface area contributed by atoms with Crippen molar-refractivity contribution >= 4 is 39.8 Å². The fourth-order valence-electron chi connectivity index (χ4n) is 3.33. The number of carbonyl (C=O) groups excluding carboxylic acids is 1. The van der Waals surface area contributed by atoms with Gasteiger partial charge in [0.15, 0.2) is 5.11 Å². The van der Waals surface area contributed by atoms with Crippen molar-refractivity contribution in [2.24, 2.45) is 5.73 Å². The van der Waals surface area contributed by atoms with E-state index in [-0.39, 0.29) is 11.0 Å². The fraction of sp³-hybridized carbons (Fsp3) is 0.0417. The molecule has 7 heteroatoms. The normalized spacial score (nSPS) is 10.5. The molecule has 0 spiro atoms. The van der Waals surface area contributed by atoms with Gasteiger partial charge in [0.25, 0.3) is 5.91 Å². The summed E-state index contributed by atoms with van der Waals surface area (Å²) in [5, 5.41) is 2.05. The first-order valence-electron chi connectivity index (χ1n) is 9.57. The van der Waals surface area contributed by atoms with Gasteiger partial charge in [-0.05, 0) is 36.5 Å². The summed E-state index contributed by atoms with van der Waals surface area (Å²) >= 11 is 5.19. The molecule has 0 saturated heterocycles. The number of nitrogens with two attached hydrogens (primary N) is 1. The second-order valence-electron chi connectivity index (χ2n) is 6.72. The van der Waals surface area contributed by atoms with Crippen LogP contribution >= 0.6 is 12.2 Å². The van der Waals surface area contributed by atoms with Crippen molar-refractivity contribution in [3.63, 3.8) is 0 Å². The number of benzene rings is 3. The van der Waals surface area contributed by atoms with E-state index in [0.717, 1.165) is 10.9 Å². The third kappa shape index (κ3) is 4.17. The van der Waals surface area contributed by atoms with E-state index in [4.69, 9.17) is 27.7 Å². The van der Waals surface area contributed by atoms with E-state index in [1.807, 2.05) is 66.7 Å². The number of pyridine rings is 1. The Morgan fingerprint density at radius 3 is 2.42 bits per heavy atom. The number of nitrogens with zero attached hydrogens (tertiary/aromatic N) is 2. The van der Waals surface area contributed by atoms with Gasteiger partial charge in [-0.15, -0.1) is 0 Å². The van der Waals surface area contributed by atoms with Crippen LogP contribution in [0.15, 0.2) is 84.9 Å². The molecule has 0 saturated carbocycles. The van der Waals surface area contributed by atoms with Gasteiger partial charge in [-0.25, -0.2) is 9.99 Å². The number of nitrogens with one attached hydrogen (secondary N) is 1. The molecular weight excluding hydrogens is 408 g/mol. The average Bonchev–Trinajstić information content (AvgIpc) is 2.82. The lowest BCUT2D eigenvalue weighted by atomic mass is 10.0. The zero-order valence-corrected chi connectivity index (χ0v) is 17.6. The average molecular weight is 429 g/mol. The highest BCUT2D eigenvalue weighted by atomic mass is 32.1. The molecule has 0 aliphatic carbocycles. The molecule has 0 aliphatic heterocycles. The number of anilines is 1.